The van der Waals surface area contributed by atoms with Gasteiger partial charge in [0.2, 0.25) is 0 Å². The number of amides is 1. The average Bonchev–Trinajstić information content (AvgIpc) is 2.89. The number of fused-ring (bicyclic) bond motifs is 1. The summed E-state index contributed by atoms with van der Waals surface area (Å²) in [4.78, 5) is 12.8. The van der Waals surface area contributed by atoms with Crippen LogP contribution in [-0.4, -0.2) is 12.5 Å². The van der Waals surface area contributed by atoms with Crippen LogP contribution < -0.4 is 14.8 Å². The first-order valence-electron chi connectivity index (χ1n) is 11.6. The highest BCUT2D eigenvalue weighted by atomic mass is 127. The minimum absolute atomic E-state index is 0.0423. The molecule has 0 heterocycles. The Hall–Kier alpha value is -3.54. The normalized spacial score (nSPS) is 11.2. The molecule has 4 aromatic carbocycles. The van der Waals surface area contributed by atoms with Crippen molar-refractivity contribution >= 4 is 62.6 Å². The second-order valence-corrected chi connectivity index (χ2v) is 9.85. The van der Waals surface area contributed by atoms with E-state index in [9.17, 15) is 10.1 Å². The van der Waals surface area contributed by atoms with Gasteiger partial charge in [0.05, 0.1) is 10.2 Å². The lowest BCUT2D eigenvalue weighted by Gasteiger charge is -2.16. The highest BCUT2D eigenvalue weighted by Gasteiger charge is 2.15. The molecule has 4 rings (SSSR count). The molecule has 0 aliphatic rings. The van der Waals surface area contributed by atoms with Gasteiger partial charge in [0.15, 0.2) is 11.5 Å². The Labute approximate surface area is 234 Å². The van der Waals surface area contributed by atoms with Gasteiger partial charge in [0, 0.05) is 10.7 Å². The summed E-state index contributed by atoms with van der Waals surface area (Å²) in [6.45, 7) is 4.58. The van der Waals surface area contributed by atoms with E-state index in [0.29, 0.717) is 41.0 Å². The number of anilines is 1. The number of carbonyl (C=O) groups excluding carboxylic acids is 1. The summed E-state index contributed by atoms with van der Waals surface area (Å²) in [5, 5.41) is 15.2. The SMILES string of the molecule is CCOc1cc(/C=C(/C#N)C(=O)Nc2ccc(C)c(Cl)c2)cc(I)c1OCc1cccc2ccccc12. The van der Waals surface area contributed by atoms with Crippen molar-refractivity contribution in [3.63, 3.8) is 0 Å². The van der Waals surface area contributed by atoms with Crippen LogP contribution in [0.5, 0.6) is 11.5 Å². The molecular formula is C30H24ClIN2O3. The van der Waals surface area contributed by atoms with E-state index in [1.807, 2.05) is 50.2 Å². The molecule has 4 aromatic rings. The molecule has 5 nitrogen and oxygen atoms in total. The zero-order valence-corrected chi connectivity index (χ0v) is 23.3. The molecule has 0 unspecified atom stereocenters. The Morgan fingerprint density at radius 2 is 1.86 bits per heavy atom. The summed E-state index contributed by atoms with van der Waals surface area (Å²) in [7, 11) is 0. The van der Waals surface area contributed by atoms with Crippen LogP contribution in [0.2, 0.25) is 5.02 Å². The fraction of sp³-hybridized carbons (Fsp3) is 0.133. The van der Waals surface area contributed by atoms with Gasteiger partial charge < -0.3 is 14.8 Å². The highest BCUT2D eigenvalue weighted by molar-refractivity contribution is 14.1. The van der Waals surface area contributed by atoms with Crippen LogP contribution in [0.3, 0.4) is 0 Å². The Bertz CT molecular complexity index is 1540. The Balaban J connectivity index is 1.59. The molecule has 0 spiro atoms. The quantitative estimate of drug-likeness (QED) is 0.123. The second-order valence-electron chi connectivity index (χ2n) is 8.28. The summed E-state index contributed by atoms with van der Waals surface area (Å²) in [5.41, 5.74) is 3.10. The summed E-state index contributed by atoms with van der Waals surface area (Å²) >= 11 is 8.34. The van der Waals surface area contributed by atoms with Gasteiger partial charge in [-0.05, 0) is 94.2 Å². The highest BCUT2D eigenvalue weighted by Crippen LogP contribution is 2.36. The van der Waals surface area contributed by atoms with E-state index in [2.05, 4.69) is 46.1 Å². The van der Waals surface area contributed by atoms with E-state index in [1.165, 1.54) is 6.08 Å². The Morgan fingerprint density at radius 3 is 2.62 bits per heavy atom. The molecule has 0 bridgehead atoms. The predicted molar refractivity (Wildman–Crippen MR) is 157 cm³/mol. The number of ether oxygens (including phenoxy) is 2. The Kier molecular flexibility index (Phi) is 8.70. The maximum absolute atomic E-state index is 12.8. The number of nitrogens with zero attached hydrogens (tertiary/aromatic N) is 1. The zero-order valence-electron chi connectivity index (χ0n) is 20.3. The molecule has 0 aliphatic carbocycles. The fourth-order valence-corrected chi connectivity index (χ4v) is 4.79. The van der Waals surface area contributed by atoms with E-state index in [-0.39, 0.29) is 5.57 Å². The predicted octanol–water partition coefficient (Wildman–Crippen LogP) is 7.93. The molecule has 0 saturated carbocycles. The number of nitriles is 1. The van der Waals surface area contributed by atoms with E-state index in [1.54, 1.807) is 24.3 Å². The van der Waals surface area contributed by atoms with Gasteiger partial charge in [-0.25, -0.2) is 0 Å². The number of nitrogens with one attached hydrogen (secondary N) is 1. The molecule has 0 aromatic heterocycles. The monoisotopic (exact) mass is 622 g/mol. The third-order valence-electron chi connectivity index (χ3n) is 5.69. The molecule has 0 radical (unpaired) electrons. The van der Waals surface area contributed by atoms with Crippen LogP contribution in [0, 0.1) is 21.8 Å². The molecule has 0 saturated heterocycles. The molecule has 0 atom stereocenters. The first kappa shape index (κ1) is 26.5. The van der Waals surface area contributed by atoms with Crippen molar-refractivity contribution in [1.82, 2.24) is 0 Å². The van der Waals surface area contributed by atoms with Crippen molar-refractivity contribution in [2.45, 2.75) is 20.5 Å². The smallest absolute Gasteiger partial charge is 0.266 e. The first-order chi connectivity index (χ1) is 17.9. The van der Waals surface area contributed by atoms with Crippen LogP contribution in [-0.2, 0) is 11.4 Å². The lowest BCUT2D eigenvalue weighted by molar-refractivity contribution is -0.112. The number of halogens is 2. The van der Waals surface area contributed by atoms with Gasteiger partial charge in [-0.1, -0.05) is 60.1 Å². The average molecular weight is 623 g/mol. The summed E-state index contributed by atoms with van der Waals surface area (Å²) in [6.07, 6.45) is 1.53. The number of hydrogen-bond acceptors (Lipinski definition) is 4. The van der Waals surface area contributed by atoms with Crippen LogP contribution in [0.25, 0.3) is 16.8 Å². The number of rotatable bonds is 8. The minimum Gasteiger partial charge on any atom is -0.490 e. The minimum atomic E-state index is -0.522. The molecule has 0 fully saturated rings. The topological polar surface area (TPSA) is 71.3 Å². The summed E-state index contributed by atoms with van der Waals surface area (Å²) in [5.74, 6) is 0.639. The third-order valence-corrected chi connectivity index (χ3v) is 6.90. The van der Waals surface area contributed by atoms with Gasteiger partial charge in [-0.15, -0.1) is 0 Å². The largest absolute Gasteiger partial charge is 0.490 e. The Morgan fingerprint density at radius 1 is 1.08 bits per heavy atom. The van der Waals surface area contributed by atoms with Gasteiger partial charge in [-0.2, -0.15) is 5.26 Å². The number of aryl methyl sites for hydroxylation is 1. The molecule has 1 N–H and O–H groups in total. The van der Waals surface area contributed by atoms with Crippen molar-refractivity contribution in [3.05, 3.63) is 104 Å². The van der Waals surface area contributed by atoms with Crippen LogP contribution in [0.1, 0.15) is 23.6 Å². The lowest BCUT2D eigenvalue weighted by Crippen LogP contribution is -2.13. The fourth-order valence-electron chi connectivity index (χ4n) is 3.83. The zero-order chi connectivity index (χ0) is 26.4. The van der Waals surface area contributed by atoms with E-state index in [4.69, 9.17) is 21.1 Å². The molecule has 37 heavy (non-hydrogen) atoms. The molecule has 186 valence electrons. The van der Waals surface area contributed by atoms with Crippen molar-refractivity contribution in [1.29, 1.82) is 5.26 Å². The van der Waals surface area contributed by atoms with Gasteiger partial charge in [0.25, 0.3) is 5.91 Å². The second kappa shape index (κ2) is 12.1. The molecule has 7 heteroatoms. The van der Waals surface area contributed by atoms with Crippen molar-refractivity contribution in [3.8, 4) is 17.6 Å². The number of benzene rings is 4. The van der Waals surface area contributed by atoms with Crippen molar-refractivity contribution in [2.75, 3.05) is 11.9 Å². The number of hydrogen-bond donors (Lipinski definition) is 1. The first-order valence-corrected chi connectivity index (χ1v) is 13.1. The number of carbonyl (C=O) groups is 1. The van der Waals surface area contributed by atoms with Gasteiger partial charge >= 0.3 is 0 Å². The molecule has 1 amide bonds. The standard InChI is InChI=1S/C30H24ClIN2O3/c1-3-36-28-15-20(13-23(17-33)30(35)34-24-12-11-19(2)26(31)16-24)14-27(32)29(28)37-18-22-9-6-8-21-7-4-5-10-25(21)22/h4-16H,3,18H2,1-2H3,(H,34,35)/b23-13-. The van der Waals surface area contributed by atoms with Crippen molar-refractivity contribution in [2.24, 2.45) is 0 Å². The van der Waals surface area contributed by atoms with Crippen molar-refractivity contribution < 1.29 is 14.3 Å². The summed E-state index contributed by atoms with van der Waals surface area (Å²) in [6, 6.07) is 25.1. The molecular weight excluding hydrogens is 599 g/mol. The van der Waals surface area contributed by atoms with Crippen LogP contribution >= 0.6 is 34.2 Å². The van der Waals surface area contributed by atoms with Gasteiger partial charge in [0.1, 0.15) is 18.2 Å². The lowest BCUT2D eigenvalue weighted by atomic mass is 10.1. The van der Waals surface area contributed by atoms with E-state index in [0.717, 1.165) is 25.5 Å². The van der Waals surface area contributed by atoms with E-state index < -0.39 is 5.91 Å². The van der Waals surface area contributed by atoms with Crippen LogP contribution in [0.4, 0.5) is 5.69 Å². The third kappa shape index (κ3) is 6.43. The maximum Gasteiger partial charge on any atom is 0.266 e. The summed E-state index contributed by atoms with van der Waals surface area (Å²) < 4.78 is 12.9. The van der Waals surface area contributed by atoms with Gasteiger partial charge in [-0.3, -0.25) is 4.79 Å². The van der Waals surface area contributed by atoms with Crippen LogP contribution in [0.15, 0.2) is 78.4 Å². The maximum atomic E-state index is 12.8. The van der Waals surface area contributed by atoms with E-state index >= 15 is 0 Å². The molecule has 0 aliphatic heterocycles.